The van der Waals surface area contributed by atoms with Crippen LogP contribution in [0.1, 0.15) is 48.8 Å². The van der Waals surface area contributed by atoms with Gasteiger partial charge in [0.2, 0.25) is 0 Å². The maximum Gasteiger partial charge on any atom is 0.263 e. The van der Waals surface area contributed by atoms with E-state index in [1.54, 1.807) is 0 Å². The van der Waals surface area contributed by atoms with Crippen LogP contribution in [0.4, 0.5) is 0 Å². The molecule has 0 saturated heterocycles. The molecule has 2 heterocycles. The lowest BCUT2D eigenvalue weighted by atomic mass is 10.0. The van der Waals surface area contributed by atoms with Crippen molar-refractivity contribution in [3.05, 3.63) is 31.2 Å². The average molecular weight is 321 g/mol. The standard InChI is InChI=1S/C15H19N3OS2/c1-9-14(20-10(2)17-9)15(19)16-8-7-13-18-11-5-3-4-6-12(11)21-13/h3-8H2,1-2H3,(H,16,19). The molecule has 0 bridgehead atoms. The SMILES string of the molecule is Cc1nc(C)c(C(=O)NCCc2nc3c(s2)CCCC3)s1. The van der Waals surface area contributed by atoms with E-state index in [1.165, 1.54) is 41.2 Å². The molecule has 0 spiro atoms. The van der Waals surface area contributed by atoms with Crippen LogP contribution in [-0.4, -0.2) is 22.4 Å². The number of hydrogen-bond acceptors (Lipinski definition) is 5. The van der Waals surface area contributed by atoms with Crippen molar-refractivity contribution < 1.29 is 4.79 Å². The molecule has 1 aliphatic rings. The summed E-state index contributed by atoms with van der Waals surface area (Å²) < 4.78 is 0. The predicted octanol–water partition coefficient (Wildman–Crippen LogP) is 3.07. The van der Waals surface area contributed by atoms with Gasteiger partial charge in [-0.1, -0.05) is 0 Å². The van der Waals surface area contributed by atoms with Gasteiger partial charge in [0.25, 0.3) is 5.91 Å². The Balaban J connectivity index is 1.55. The second-order valence-corrected chi connectivity index (χ2v) is 7.71. The Bertz CT molecular complexity index is 636. The minimum atomic E-state index is -0.0144. The molecule has 0 unspecified atom stereocenters. The molecule has 0 atom stereocenters. The Labute approximate surface area is 132 Å². The van der Waals surface area contributed by atoms with Crippen molar-refractivity contribution in [2.24, 2.45) is 0 Å². The second kappa shape index (κ2) is 6.23. The topological polar surface area (TPSA) is 54.9 Å². The van der Waals surface area contributed by atoms with Crippen LogP contribution in [0.15, 0.2) is 0 Å². The minimum Gasteiger partial charge on any atom is -0.351 e. The fourth-order valence-electron chi connectivity index (χ4n) is 2.62. The quantitative estimate of drug-likeness (QED) is 0.941. The minimum absolute atomic E-state index is 0.0144. The first-order chi connectivity index (χ1) is 10.1. The number of amides is 1. The molecule has 1 aliphatic carbocycles. The molecule has 1 amide bonds. The number of hydrogen-bond donors (Lipinski definition) is 1. The molecule has 6 heteroatoms. The third-order valence-electron chi connectivity index (χ3n) is 3.62. The van der Waals surface area contributed by atoms with E-state index < -0.39 is 0 Å². The molecular formula is C15H19N3OS2. The number of aryl methyl sites for hydroxylation is 4. The summed E-state index contributed by atoms with van der Waals surface area (Å²) in [7, 11) is 0. The van der Waals surface area contributed by atoms with E-state index in [4.69, 9.17) is 4.98 Å². The number of nitrogens with one attached hydrogen (secondary N) is 1. The van der Waals surface area contributed by atoms with Crippen molar-refractivity contribution in [2.45, 2.75) is 46.0 Å². The molecule has 0 saturated carbocycles. The van der Waals surface area contributed by atoms with E-state index in [0.717, 1.165) is 33.4 Å². The zero-order valence-electron chi connectivity index (χ0n) is 12.4. The maximum atomic E-state index is 12.1. The van der Waals surface area contributed by atoms with Gasteiger partial charge in [-0.25, -0.2) is 9.97 Å². The Morgan fingerprint density at radius 3 is 2.71 bits per heavy atom. The number of nitrogens with zero attached hydrogens (tertiary/aromatic N) is 2. The summed E-state index contributed by atoms with van der Waals surface area (Å²) in [5, 5.41) is 5.07. The summed E-state index contributed by atoms with van der Waals surface area (Å²) >= 11 is 3.27. The molecule has 21 heavy (non-hydrogen) atoms. The van der Waals surface area contributed by atoms with E-state index in [2.05, 4.69) is 10.3 Å². The van der Waals surface area contributed by atoms with Gasteiger partial charge in [-0.2, -0.15) is 0 Å². The summed E-state index contributed by atoms with van der Waals surface area (Å²) in [6, 6.07) is 0. The molecule has 0 radical (unpaired) electrons. The molecular weight excluding hydrogens is 302 g/mol. The molecule has 0 aromatic carbocycles. The molecule has 1 N–H and O–H groups in total. The number of aromatic nitrogens is 2. The monoisotopic (exact) mass is 321 g/mol. The van der Waals surface area contributed by atoms with Gasteiger partial charge >= 0.3 is 0 Å². The first-order valence-corrected chi connectivity index (χ1v) is 8.96. The molecule has 3 rings (SSSR count). The van der Waals surface area contributed by atoms with Crippen LogP contribution < -0.4 is 5.32 Å². The van der Waals surface area contributed by atoms with E-state index in [9.17, 15) is 4.79 Å². The smallest absolute Gasteiger partial charge is 0.263 e. The Morgan fingerprint density at radius 1 is 1.19 bits per heavy atom. The molecule has 4 nitrogen and oxygen atoms in total. The summed E-state index contributed by atoms with van der Waals surface area (Å²) in [5.41, 5.74) is 2.11. The second-order valence-electron chi connectivity index (χ2n) is 5.34. The number of fused-ring (bicyclic) bond motifs is 1. The zero-order valence-corrected chi connectivity index (χ0v) is 14.0. The van der Waals surface area contributed by atoms with Crippen molar-refractivity contribution in [2.75, 3.05) is 6.54 Å². The largest absolute Gasteiger partial charge is 0.351 e. The summed E-state index contributed by atoms with van der Waals surface area (Å²) in [6.45, 7) is 4.45. The van der Waals surface area contributed by atoms with Gasteiger partial charge in [-0.05, 0) is 39.5 Å². The van der Waals surface area contributed by atoms with E-state index in [0.29, 0.717) is 6.54 Å². The van der Waals surface area contributed by atoms with Gasteiger partial charge in [-0.15, -0.1) is 22.7 Å². The number of thiazole rings is 2. The molecule has 2 aromatic heterocycles. The van der Waals surface area contributed by atoms with Crippen LogP contribution in [0, 0.1) is 13.8 Å². The van der Waals surface area contributed by atoms with Crippen molar-refractivity contribution in [1.29, 1.82) is 0 Å². The summed E-state index contributed by atoms with van der Waals surface area (Å²) in [5.74, 6) is -0.0144. The fraction of sp³-hybridized carbons (Fsp3) is 0.533. The van der Waals surface area contributed by atoms with Crippen LogP contribution in [0.5, 0.6) is 0 Å². The first kappa shape index (κ1) is 14.7. The number of carbonyl (C=O) groups is 1. The molecule has 112 valence electrons. The highest BCUT2D eigenvalue weighted by molar-refractivity contribution is 7.13. The Hall–Kier alpha value is -1.27. The van der Waals surface area contributed by atoms with Crippen molar-refractivity contribution >= 4 is 28.6 Å². The van der Waals surface area contributed by atoms with E-state index in [-0.39, 0.29) is 5.91 Å². The van der Waals surface area contributed by atoms with Gasteiger partial charge in [-0.3, -0.25) is 4.79 Å². The van der Waals surface area contributed by atoms with Crippen molar-refractivity contribution in [3.8, 4) is 0 Å². The predicted molar refractivity (Wildman–Crippen MR) is 86.4 cm³/mol. The van der Waals surface area contributed by atoms with Gasteiger partial charge < -0.3 is 5.32 Å². The molecule has 0 aliphatic heterocycles. The highest BCUT2D eigenvalue weighted by Crippen LogP contribution is 2.26. The highest BCUT2D eigenvalue weighted by atomic mass is 32.1. The van der Waals surface area contributed by atoms with Crippen molar-refractivity contribution in [3.63, 3.8) is 0 Å². The lowest BCUT2D eigenvalue weighted by Gasteiger charge is -2.06. The fourth-order valence-corrected chi connectivity index (χ4v) is 4.61. The van der Waals surface area contributed by atoms with E-state index in [1.807, 2.05) is 25.2 Å². The van der Waals surface area contributed by atoms with Gasteiger partial charge in [0.05, 0.1) is 21.4 Å². The van der Waals surface area contributed by atoms with Crippen LogP contribution in [-0.2, 0) is 19.3 Å². The zero-order chi connectivity index (χ0) is 14.8. The van der Waals surface area contributed by atoms with Gasteiger partial charge in [0, 0.05) is 17.8 Å². The third kappa shape index (κ3) is 3.32. The third-order valence-corrected chi connectivity index (χ3v) is 5.91. The lowest BCUT2D eigenvalue weighted by Crippen LogP contribution is -2.25. The average Bonchev–Trinajstić information content (AvgIpc) is 3.01. The normalized spacial score (nSPS) is 14.0. The lowest BCUT2D eigenvalue weighted by molar-refractivity contribution is 0.0957. The summed E-state index contributed by atoms with van der Waals surface area (Å²) in [6.07, 6.45) is 5.67. The van der Waals surface area contributed by atoms with Crippen LogP contribution >= 0.6 is 22.7 Å². The van der Waals surface area contributed by atoms with Gasteiger partial charge in [0.1, 0.15) is 4.88 Å². The molecule has 2 aromatic rings. The first-order valence-electron chi connectivity index (χ1n) is 7.33. The van der Waals surface area contributed by atoms with Crippen LogP contribution in [0.2, 0.25) is 0 Å². The maximum absolute atomic E-state index is 12.1. The van der Waals surface area contributed by atoms with Gasteiger partial charge in [0.15, 0.2) is 0 Å². The summed E-state index contributed by atoms with van der Waals surface area (Å²) in [4.78, 5) is 23.3. The van der Waals surface area contributed by atoms with Crippen molar-refractivity contribution in [1.82, 2.24) is 15.3 Å². The van der Waals surface area contributed by atoms with E-state index >= 15 is 0 Å². The number of carbonyl (C=O) groups excluding carboxylic acids is 1. The Morgan fingerprint density at radius 2 is 2.00 bits per heavy atom. The number of rotatable bonds is 4. The van der Waals surface area contributed by atoms with Crippen LogP contribution in [0.25, 0.3) is 0 Å². The van der Waals surface area contributed by atoms with Crippen LogP contribution in [0.3, 0.4) is 0 Å². The highest BCUT2D eigenvalue weighted by Gasteiger charge is 2.16. The Kier molecular flexibility index (Phi) is 4.35. The molecule has 0 fully saturated rings.